The van der Waals surface area contributed by atoms with E-state index in [1.54, 1.807) is 20.1 Å². The van der Waals surface area contributed by atoms with Gasteiger partial charge in [-0.2, -0.15) is 8.78 Å². The molecule has 8 nitrogen and oxygen atoms in total. The molecule has 0 atom stereocenters. The Morgan fingerprint density at radius 2 is 2.00 bits per heavy atom. The number of H-pyrrole nitrogens is 1. The molecule has 2 heterocycles. The molecule has 3 aromatic rings. The first-order chi connectivity index (χ1) is 14.3. The summed E-state index contributed by atoms with van der Waals surface area (Å²) in [5.74, 6) is 0.0551. The molecular weight excluding hydrogens is 427 g/mol. The molecule has 12 heteroatoms. The Bertz CT molecular complexity index is 1130. The number of rotatable bonds is 10. The number of fused-ring (bicyclic) bond motifs is 1. The topological polar surface area (TPSA) is 103 Å². The van der Waals surface area contributed by atoms with E-state index in [2.05, 4.69) is 19.7 Å². The summed E-state index contributed by atoms with van der Waals surface area (Å²) in [5.41, 5.74) is 1.53. The Morgan fingerprint density at radius 1 is 1.23 bits per heavy atom. The smallest absolute Gasteiger partial charge is 1.00 e. The van der Waals surface area contributed by atoms with Crippen molar-refractivity contribution in [2.45, 2.75) is 30.9 Å². The van der Waals surface area contributed by atoms with E-state index < -0.39 is 22.2 Å². The fraction of sp³-hybridized carbons (Fsp3) is 0.368. The average molecular weight is 449 g/mol. The van der Waals surface area contributed by atoms with E-state index in [9.17, 15) is 17.2 Å². The molecule has 0 aliphatic rings. The molecule has 1 N–H and O–H groups in total. The first-order valence-corrected chi connectivity index (χ1v) is 10.7. The van der Waals surface area contributed by atoms with Gasteiger partial charge in [-0.1, -0.05) is 0 Å². The van der Waals surface area contributed by atoms with Crippen LogP contribution >= 0.6 is 0 Å². The van der Waals surface area contributed by atoms with Crippen molar-refractivity contribution in [2.24, 2.45) is 0 Å². The fourth-order valence-electron chi connectivity index (χ4n) is 2.78. The zero-order chi connectivity index (χ0) is 21.7. The number of pyridine rings is 1. The number of hydrogen-bond donors (Lipinski definition) is 1. The Balaban J connectivity index is 0.00000256. The van der Waals surface area contributed by atoms with Gasteiger partial charge >= 0.3 is 25.5 Å². The van der Waals surface area contributed by atoms with Crippen LogP contribution in [0.4, 0.5) is 8.78 Å². The predicted molar refractivity (Wildman–Crippen MR) is 106 cm³/mol. The van der Waals surface area contributed by atoms with Gasteiger partial charge < -0.3 is 20.6 Å². The third-order valence-corrected chi connectivity index (χ3v) is 5.72. The number of ether oxygens (including phenoxy) is 3. The van der Waals surface area contributed by atoms with Gasteiger partial charge in [-0.15, -0.1) is 0 Å². The molecule has 3 rings (SSSR count). The van der Waals surface area contributed by atoms with Crippen molar-refractivity contribution < 1.29 is 51.7 Å². The maximum atomic E-state index is 12.9. The molecule has 0 aliphatic carbocycles. The van der Waals surface area contributed by atoms with Crippen LogP contribution in [-0.4, -0.2) is 50.3 Å². The molecule has 0 saturated carbocycles. The molecule has 0 saturated heterocycles. The van der Waals surface area contributed by atoms with E-state index in [4.69, 9.17) is 9.47 Å². The van der Waals surface area contributed by atoms with Crippen molar-refractivity contribution in [1.82, 2.24) is 15.0 Å². The van der Waals surface area contributed by atoms with Gasteiger partial charge in [0.1, 0.15) is 17.3 Å². The van der Waals surface area contributed by atoms with Crippen LogP contribution in [0.1, 0.15) is 19.1 Å². The normalized spacial score (nSPS) is 11.5. The standard InChI is InChI=1S/C19H21F2N3O5S.Li.H/c1-12-16(22-7-6-17(12)28-9-3-8-27-2)11-30(25,26)19-23-14-5-4-13(29-18(20)21)10-15(14)24-19;;/h4-7,10,18H,3,8-9,11H2,1-2H3,(H,23,24);;/q;+1;-1. The minimum atomic E-state index is -3.87. The molecule has 0 unspecified atom stereocenters. The summed E-state index contributed by atoms with van der Waals surface area (Å²) in [6.45, 7) is -0.263. The Labute approximate surface area is 191 Å². The zero-order valence-electron chi connectivity index (χ0n) is 18.4. The van der Waals surface area contributed by atoms with Crippen LogP contribution in [0.2, 0.25) is 0 Å². The van der Waals surface area contributed by atoms with Gasteiger partial charge in [0.2, 0.25) is 15.0 Å². The maximum Gasteiger partial charge on any atom is 1.00 e. The van der Waals surface area contributed by atoms with Crippen LogP contribution in [0.5, 0.6) is 11.5 Å². The van der Waals surface area contributed by atoms with Gasteiger partial charge in [0, 0.05) is 38.0 Å². The van der Waals surface area contributed by atoms with E-state index in [1.807, 2.05) is 0 Å². The van der Waals surface area contributed by atoms with E-state index in [1.165, 1.54) is 24.4 Å². The predicted octanol–water partition coefficient (Wildman–Crippen LogP) is 0.373. The summed E-state index contributed by atoms with van der Waals surface area (Å²) in [6.07, 6.45) is 2.18. The van der Waals surface area contributed by atoms with Crippen LogP contribution in [0.15, 0.2) is 35.6 Å². The van der Waals surface area contributed by atoms with E-state index in [0.717, 1.165) is 0 Å². The fourth-order valence-corrected chi connectivity index (χ4v) is 4.07. The Hall–Kier alpha value is -2.19. The van der Waals surface area contributed by atoms with Crippen molar-refractivity contribution in [3.63, 3.8) is 0 Å². The number of benzene rings is 1. The number of nitrogens with one attached hydrogen (secondary N) is 1. The molecule has 0 radical (unpaired) electrons. The van der Waals surface area contributed by atoms with Crippen molar-refractivity contribution in [3.05, 3.63) is 41.7 Å². The number of aromatic nitrogens is 3. The molecule has 31 heavy (non-hydrogen) atoms. The van der Waals surface area contributed by atoms with E-state index in [0.29, 0.717) is 42.2 Å². The van der Waals surface area contributed by atoms with Crippen molar-refractivity contribution in [3.8, 4) is 11.5 Å². The number of hydrogen-bond acceptors (Lipinski definition) is 7. The molecular formula is C19H22F2LiN3O5S. The Morgan fingerprint density at radius 3 is 2.71 bits per heavy atom. The molecule has 0 bridgehead atoms. The summed E-state index contributed by atoms with van der Waals surface area (Å²) >= 11 is 0. The van der Waals surface area contributed by atoms with E-state index in [-0.39, 0.29) is 36.7 Å². The maximum absolute atomic E-state index is 12.9. The molecule has 0 amide bonds. The van der Waals surface area contributed by atoms with Crippen molar-refractivity contribution in [2.75, 3.05) is 20.3 Å². The largest absolute Gasteiger partial charge is 1.00 e. The van der Waals surface area contributed by atoms with Crippen LogP contribution in [-0.2, 0) is 20.3 Å². The summed E-state index contributed by atoms with van der Waals surface area (Å²) < 4.78 is 65.4. The summed E-state index contributed by atoms with van der Waals surface area (Å²) in [4.78, 5) is 10.9. The molecule has 0 spiro atoms. The second-order valence-electron chi connectivity index (χ2n) is 6.43. The second-order valence-corrected chi connectivity index (χ2v) is 8.34. The van der Waals surface area contributed by atoms with E-state index >= 15 is 0 Å². The number of imidazole rings is 1. The summed E-state index contributed by atoms with van der Waals surface area (Å²) in [5, 5.41) is -0.278. The van der Waals surface area contributed by atoms with Crippen LogP contribution < -0.4 is 28.3 Å². The molecule has 164 valence electrons. The summed E-state index contributed by atoms with van der Waals surface area (Å²) in [7, 11) is -2.27. The first kappa shape index (κ1) is 25.1. The van der Waals surface area contributed by atoms with Gasteiger partial charge in [0.25, 0.3) is 0 Å². The molecule has 2 aromatic heterocycles. The number of sulfone groups is 1. The third-order valence-electron chi connectivity index (χ3n) is 4.29. The SMILES string of the molecule is COCCCOc1ccnc(CS(=O)(=O)c2nc3ccc(OC(F)F)cc3[nH]2)c1C.[H-].[Li+]. The minimum absolute atomic E-state index is 0. The number of alkyl halides is 2. The zero-order valence-corrected chi connectivity index (χ0v) is 18.2. The minimum Gasteiger partial charge on any atom is -1.00 e. The second kappa shape index (κ2) is 10.9. The van der Waals surface area contributed by atoms with Gasteiger partial charge in [0.05, 0.1) is 23.3 Å². The van der Waals surface area contributed by atoms with Crippen LogP contribution in [0.25, 0.3) is 11.0 Å². The molecule has 0 aliphatic heterocycles. The van der Waals surface area contributed by atoms with Crippen LogP contribution in [0.3, 0.4) is 0 Å². The molecule has 0 fully saturated rings. The van der Waals surface area contributed by atoms with Gasteiger partial charge in [-0.25, -0.2) is 13.4 Å². The van der Waals surface area contributed by atoms with Crippen LogP contribution in [0, 0.1) is 6.92 Å². The number of nitrogens with zero attached hydrogens (tertiary/aromatic N) is 2. The average Bonchev–Trinajstić information content (AvgIpc) is 3.12. The number of halogens is 2. The Kier molecular flexibility index (Phi) is 8.82. The van der Waals surface area contributed by atoms with Crippen molar-refractivity contribution >= 4 is 20.9 Å². The first-order valence-electron chi connectivity index (χ1n) is 9.03. The van der Waals surface area contributed by atoms with Gasteiger partial charge in [0.15, 0.2) is 0 Å². The monoisotopic (exact) mass is 449 g/mol. The summed E-state index contributed by atoms with van der Waals surface area (Å²) in [6, 6.07) is 5.64. The number of methoxy groups -OCH3 is 1. The van der Waals surface area contributed by atoms with Gasteiger partial charge in [-0.3, -0.25) is 4.98 Å². The van der Waals surface area contributed by atoms with Gasteiger partial charge in [-0.05, 0) is 25.1 Å². The number of aromatic amines is 1. The van der Waals surface area contributed by atoms with Crippen molar-refractivity contribution in [1.29, 1.82) is 0 Å². The quantitative estimate of drug-likeness (QED) is 0.352. The molecule has 1 aromatic carbocycles. The third kappa shape index (κ3) is 6.40.